The first-order chi connectivity index (χ1) is 10.3. The molecular formula is C16H19N3OS. The molecule has 0 atom stereocenters. The maximum Gasteiger partial charge on any atom is 0.128 e. The third kappa shape index (κ3) is 3.19. The van der Waals surface area contributed by atoms with Crippen molar-refractivity contribution in [2.24, 2.45) is 0 Å². The molecule has 5 heteroatoms. The van der Waals surface area contributed by atoms with Crippen LogP contribution in [0.25, 0.3) is 11.3 Å². The lowest BCUT2D eigenvalue weighted by Crippen LogP contribution is -2.15. The second kappa shape index (κ2) is 6.45. The smallest absolute Gasteiger partial charge is 0.128 e. The topological polar surface area (TPSA) is 38.2 Å². The SMILES string of the molecule is CN(C)CCSc1ncnc2c1CCOc1ccccc1-2. The van der Waals surface area contributed by atoms with E-state index in [2.05, 4.69) is 35.0 Å². The van der Waals surface area contributed by atoms with Crippen LogP contribution in [0.3, 0.4) is 0 Å². The van der Waals surface area contributed by atoms with Gasteiger partial charge in [0.25, 0.3) is 0 Å². The Kier molecular flexibility index (Phi) is 4.41. The van der Waals surface area contributed by atoms with E-state index in [1.807, 2.05) is 18.2 Å². The van der Waals surface area contributed by atoms with Gasteiger partial charge < -0.3 is 9.64 Å². The van der Waals surface area contributed by atoms with Gasteiger partial charge >= 0.3 is 0 Å². The van der Waals surface area contributed by atoms with Crippen LogP contribution in [0.2, 0.25) is 0 Å². The third-order valence-corrected chi connectivity index (χ3v) is 4.45. The maximum absolute atomic E-state index is 5.84. The monoisotopic (exact) mass is 301 g/mol. The molecule has 1 aromatic carbocycles. The van der Waals surface area contributed by atoms with Crippen molar-refractivity contribution in [3.05, 3.63) is 36.2 Å². The van der Waals surface area contributed by atoms with E-state index in [9.17, 15) is 0 Å². The Hall–Kier alpha value is -1.59. The number of rotatable bonds is 4. The van der Waals surface area contributed by atoms with E-state index in [-0.39, 0.29) is 0 Å². The average molecular weight is 301 g/mol. The van der Waals surface area contributed by atoms with E-state index in [0.29, 0.717) is 6.61 Å². The van der Waals surface area contributed by atoms with Crippen LogP contribution in [0.5, 0.6) is 5.75 Å². The fourth-order valence-corrected chi connectivity index (χ4v) is 3.50. The van der Waals surface area contributed by atoms with E-state index in [4.69, 9.17) is 4.74 Å². The highest BCUT2D eigenvalue weighted by atomic mass is 32.2. The third-order valence-electron chi connectivity index (χ3n) is 3.43. The van der Waals surface area contributed by atoms with E-state index in [1.54, 1.807) is 18.1 Å². The van der Waals surface area contributed by atoms with Gasteiger partial charge in [-0.25, -0.2) is 9.97 Å². The van der Waals surface area contributed by atoms with Crippen molar-refractivity contribution >= 4 is 11.8 Å². The molecule has 21 heavy (non-hydrogen) atoms. The van der Waals surface area contributed by atoms with Crippen molar-refractivity contribution in [1.82, 2.24) is 14.9 Å². The lowest BCUT2D eigenvalue weighted by molar-refractivity contribution is 0.325. The summed E-state index contributed by atoms with van der Waals surface area (Å²) in [6.07, 6.45) is 2.52. The molecule has 0 N–H and O–H groups in total. The van der Waals surface area contributed by atoms with Crippen molar-refractivity contribution in [1.29, 1.82) is 0 Å². The molecule has 0 aliphatic carbocycles. The normalized spacial score (nSPS) is 13.3. The molecule has 0 saturated heterocycles. The van der Waals surface area contributed by atoms with Crippen LogP contribution in [-0.4, -0.2) is 47.9 Å². The number of hydrogen-bond acceptors (Lipinski definition) is 5. The molecule has 0 radical (unpaired) electrons. The van der Waals surface area contributed by atoms with Crippen molar-refractivity contribution in [2.45, 2.75) is 11.4 Å². The Bertz CT molecular complexity index is 631. The fraction of sp³-hybridized carbons (Fsp3) is 0.375. The average Bonchev–Trinajstić information content (AvgIpc) is 2.67. The Balaban J connectivity index is 1.93. The second-order valence-electron chi connectivity index (χ2n) is 5.25. The molecule has 0 amide bonds. The van der Waals surface area contributed by atoms with Gasteiger partial charge in [-0.2, -0.15) is 0 Å². The zero-order valence-electron chi connectivity index (χ0n) is 12.4. The number of fused-ring (bicyclic) bond motifs is 3. The number of ether oxygens (including phenoxy) is 1. The van der Waals surface area contributed by atoms with Gasteiger partial charge in [-0.3, -0.25) is 0 Å². The number of benzene rings is 1. The molecule has 0 spiro atoms. The Morgan fingerprint density at radius 3 is 2.95 bits per heavy atom. The molecule has 0 unspecified atom stereocenters. The van der Waals surface area contributed by atoms with Gasteiger partial charge in [0.2, 0.25) is 0 Å². The lowest BCUT2D eigenvalue weighted by Gasteiger charge is -2.12. The van der Waals surface area contributed by atoms with Crippen LogP contribution in [0, 0.1) is 0 Å². The molecule has 2 heterocycles. The Morgan fingerprint density at radius 2 is 2.10 bits per heavy atom. The summed E-state index contributed by atoms with van der Waals surface area (Å²) in [5.74, 6) is 1.94. The molecule has 2 aromatic rings. The van der Waals surface area contributed by atoms with Crippen LogP contribution < -0.4 is 4.74 Å². The van der Waals surface area contributed by atoms with Crippen LogP contribution in [0.4, 0.5) is 0 Å². The van der Waals surface area contributed by atoms with Crippen molar-refractivity contribution in [3.63, 3.8) is 0 Å². The van der Waals surface area contributed by atoms with Crippen LogP contribution in [0.15, 0.2) is 35.6 Å². The number of thioether (sulfide) groups is 1. The number of hydrogen-bond donors (Lipinski definition) is 0. The molecular weight excluding hydrogens is 282 g/mol. The van der Waals surface area contributed by atoms with Gasteiger partial charge in [-0.1, -0.05) is 12.1 Å². The zero-order chi connectivity index (χ0) is 14.7. The fourth-order valence-electron chi connectivity index (χ4n) is 2.35. The molecule has 0 bridgehead atoms. The Labute approximate surface area is 129 Å². The minimum Gasteiger partial charge on any atom is -0.493 e. The molecule has 110 valence electrons. The first-order valence-corrected chi connectivity index (χ1v) is 8.08. The van der Waals surface area contributed by atoms with E-state index in [1.165, 1.54) is 5.56 Å². The number of para-hydroxylation sites is 1. The first-order valence-electron chi connectivity index (χ1n) is 7.09. The zero-order valence-corrected chi connectivity index (χ0v) is 13.2. The highest BCUT2D eigenvalue weighted by molar-refractivity contribution is 7.99. The first kappa shape index (κ1) is 14.4. The summed E-state index contributed by atoms with van der Waals surface area (Å²) in [6, 6.07) is 8.10. The van der Waals surface area contributed by atoms with Gasteiger partial charge in [-0.05, 0) is 26.2 Å². The van der Waals surface area contributed by atoms with Crippen molar-refractivity contribution < 1.29 is 4.74 Å². The summed E-state index contributed by atoms with van der Waals surface area (Å²) in [4.78, 5) is 11.2. The summed E-state index contributed by atoms with van der Waals surface area (Å²) in [6.45, 7) is 1.72. The molecule has 1 aliphatic heterocycles. The maximum atomic E-state index is 5.84. The summed E-state index contributed by atoms with van der Waals surface area (Å²) in [7, 11) is 4.18. The minimum atomic E-state index is 0.679. The van der Waals surface area contributed by atoms with Gasteiger partial charge in [0.15, 0.2) is 0 Å². The highest BCUT2D eigenvalue weighted by Crippen LogP contribution is 2.36. The number of aromatic nitrogens is 2. The summed E-state index contributed by atoms with van der Waals surface area (Å²) in [5.41, 5.74) is 3.30. The molecule has 4 nitrogen and oxygen atoms in total. The van der Waals surface area contributed by atoms with Crippen LogP contribution in [0.1, 0.15) is 5.56 Å². The number of nitrogens with zero attached hydrogens (tertiary/aromatic N) is 3. The molecule has 1 aliphatic rings. The van der Waals surface area contributed by atoms with E-state index < -0.39 is 0 Å². The standard InChI is InChI=1S/C16H19N3OS/c1-19(2)8-10-21-16-13-7-9-20-14-6-4-3-5-12(14)15(13)17-11-18-16/h3-6,11H,7-10H2,1-2H3. The van der Waals surface area contributed by atoms with Crippen molar-refractivity contribution in [3.8, 4) is 17.0 Å². The Morgan fingerprint density at radius 1 is 1.24 bits per heavy atom. The van der Waals surface area contributed by atoms with Gasteiger partial charge in [0.05, 0.1) is 12.3 Å². The predicted octanol–water partition coefficient (Wildman–Crippen LogP) is 2.73. The minimum absolute atomic E-state index is 0.679. The van der Waals surface area contributed by atoms with Gasteiger partial charge in [0, 0.05) is 29.8 Å². The van der Waals surface area contributed by atoms with Gasteiger partial charge in [0.1, 0.15) is 17.1 Å². The quantitative estimate of drug-likeness (QED) is 0.641. The van der Waals surface area contributed by atoms with E-state index in [0.717, 1.165) is 40.8 Å². The summed E-state index contributed by atoms with van der Waals surface area (Å²) >= 11 is 1.80. The molecule has 3 rings (SSSR count). The molecule has 0 fully saturated rings. The largest absolute Gasteiger partial charge is 0.493 e. The van der Waals surface area contributed by atoms with Crippen molar-refractivity contribution in [2.75, 3.05) is 33.0 Å². The van der Waals surface area contributed by atoms with E-state index >= 15 is 0 Å². The lowest BCUT2D eigenvalue weighted by atomic mass is 10.1. The highest BCUT2D eigenvalue weighted by Gasteiger charge is 2.19. The molecule has 0 saturated carbocycles. The summed E-state index contributed by atoms with van der Waals surface area (Å²) in [5, 5.41) is 1.09. The predicted molar refractivity (Wildman–Crippen MR) is 85.9 cm³/mol. The molecule has 1 aromatic heterocycles. The second-order valence-corrected chi connectivity index (χ2v) is 6.34. The summed E-state index contributed by atoms with van der Waals surface area (Å²) < 4.78 is 5.84. The van der Waals surface area contributed by atoms with Crippen LogP contribution >= 0.6 is 11.8 Å². The van der Waals surface area contributed by atoms with Crippen LogP contribution in [-0.2, 0) is 6.42 Å². The van der Waals surface area contributed by atoms with Gasteiger partial charge in [-0.15, -0.1) is 11.8 Å².